The van der Waals surface area contributed by atoms with E-state index in [9.17, 15) is 14.7 Å². The number of rotatable bonds is 9. The lowest BCUT2D eigenvalue weighted by Crippen LogP contribution is -2.37. The van der Waals surface area contributed by atoms with Gasteiger partial charge in [-0.05, 0) is 71.8 Å². The molecule has 5 N–H and O–H groups in total. The Morgan fingerprint density at radius 3 is 2.62 bits per heavy atom. The number of carbonyl (C=O) groups is 1. The van der Waals surface area contributed by atoms with Crippen molar-refractivity contribution in [2.45, 2.75) is 39.3 Å². The van der Waals surface area contributed by atoms with Crippen molar-refractivity contribution in [3.8, 4) is 0 Å². The van der Waals surface area contributed by atoms with E-state index in [1.54, 1.807) is 17.2 Å². The van der Waals surface area contributed by atoms with Gasteiger partial charge in [0.2, 0.25) is 5.91 Å². The van der Waals surface area contributed by atoms with Crippen molar-refractivity contribution in [2.75, 3.05) is 24.2 Å². The number of hydrogen-bond donors (Lipinski definition) is 4. The fourth-order valence-corrected chi connectivity index (χ4v) is 4.70. The fraction of sp³-hybridized carbons (Fsp3) is 0.267. The molecule has 0 fully saturated rings. The lowest BCUT2D eigenvalue weighted by atomic mass is 9.93. The van der Waals surface area contributed by atoms with Crippen molar-refractivity contribution in [3.05, 3.63) is 106 Å². The van der Waals surface area contributed by atoms with Crippen LogP contribution in [-0.4, -0.2) is 34.0 Å². The van der Waals surface area contributed by atoms with Crippen molar-refractivity contribution in [2.24, 2.45) is 0 Å². The summed E-state index contributed by atoms with van der Waals surface area (Å²) in [5.74, 6) is -0.0894. The number of anilines is 2. The third kappa shape index (κ3) is 5.84. The fourth-order valence-electron chi connectivity index (χ4n) is 4.70. The molecule has 37 heavy (non-hydrogen) atoms. The van der Waals surface area contributed by atoms with E-state index in [2.05, 4.69) is 10.3 Å². The number of likely N-dealkylation sites (N-methyl/N-ethyl adjacent to an activating group) is 1. The maximum Gasteiger partial charge on any atom is 0.255 e. The molecule has 7 heteroatoms. The molecule has 1 amide bonds. The van der Waals surface area contributed by atoms with Gasteiger partial charge in [-0.2, -0.15) is 0 Å². The Bertz CT molecular complexity index is 1460. The molecule has 2 atom stereocenters. The van der Waals surface area contributed by atoms with Crippen LogP contribution in [0.2, 0.25) is 0 Å². The normalized spacial score (nSPS) is 12.8. The number of pyridine rings is 1. The topological polar surface area (TPSA) is 111 Å². The second-order valence-corrected chi connectivity index (χ2v) is 9.48. The van der Waals surface area contributed by atoms with E-state index in [4.69, 9.17) is 5.73 Å². The number of benzene rings is 3. The molecule has 0 aliphatic carbocycles. The highest BCUT2D eigenvalue weighted by Gasteiger charge is 2.26. The zero-order valence-electron chi connectivity index (χ0n) is 21.5. The molecule has 0 spiro atoms. The molecule has 3 aromatic carbocycles. The second kappa shape index (κ2) is 11.3. The summed E-state index contributed by atoms with van der Waals surface area (Å²) in [5, 5.41) is 14.4. The summed E-state index contributed by atoms with van der Waals surface area (Å²) in [6, 6.07) is 20.2. The third-order valence-electron chi connectivity index (χ3n) is 6.78. The second-order valence-electron chi connectivity index (χ2n) is 9.48. The number of fused-ring (bicyclic) bond motifs is 1. The molecule has 7 nitrogen and oxygen atoms in total. The van der Waals surface area contributed by atoms with Gasteiger partial charge in [0.1, 0.15) is 6.04 Å². The molecule has 0 radical (unpaired) electrons. The predicted molar refractivity (Wildman–Crippen MR) is 150 cm³/mol. The third-order valence-corrected chi connectivity index (χ3v) is 6.78. The van der Waals surface area contributed by atoms with Gasteiger partial charge in [0.15, 0.2) is 0 Å². The van der Waals surface area contributed by atoms with Crippen LogP contribution in [0.3, 0.4) is 0 Å². The van der Waals surface area contributed by atoms with Crippen LogP contribution >= 0.6 is 0 Å². The molecule has 0 aliphatic heterocycles. The van der Waals surface area contributed by atoms with Crippen LogP contribution in [0.15, 0.2) is 77.7 Å². The number of aliphatic hydroxyl groups is 1. The van der Waals surface area contributed by atoms with E-state index in [0.717, 1.165) is 27.6 Å². The van der Waals surface area contributed by atoms with E-state index in [1.807, 2.05) is 81.4 Å². The first-order valence-corrected chi connectivity index (χ1v) is 12.5. The number of aromatic nitrogens is 1. The highest BCUT2D eigenvalue weighted by atomic mass is 16.3. The summed E-state index contributed by atoms with van der Waals surface area (Å²) in [6.07, 6.45) is 1.62. The molecule has 4 rings (SSSR count). The van der Waals surface area contributed by atoms with Gasteiger partial charge in [-0.15, -0.1) is 0 Å². The number of nitrogens with zero attached hydrogens (tertiary/aromatic N) is 1. The maximum absolute atomic E-state index is 14.0. The minimum absolute atomic E-state index is 0.000877. The van der Waals surface area contributed by atoms with Gasteiger partial charge in [-0.1, -0.05) is 43.3 Å². The number of aliphatic hydroxyl groups excluding tert-OH is 1. The first kappa shape index (κ1) is 26.0. The van der Waals surface area contributed by atoms with Crippen molar-refractivity contribution in [1.29, 1.82) is 0 Å². The number of carbonyl (C=O) groups excluding carboxylic acids is 1. The molecule has 0 saturated heterocycles. The Kier molecular flexibility index (Phi) is 7.94. The molecule has 1 aromatic heterocycles. The van der Waals surface area contributed by atoms with Gasteiger partial charge in [0.05, 0.1) is 0 Å². The average Bonchev–Trinajstić information content (AvgIpc) is 2.90. The number of aryl methyl sites for hydroxylation is 1. The Labute approximate surface area is 216 Å². The highest BCUT2D eigenvalue weighted by Crippen LogP contribution is 2.28. The molecule has 0 bridgehead atoms. The molecular weight excluding hydrogens is 464 g/mol. The van der Waals surface area contributed by atoms with Gasteiger partial charge in [-0.3, -0.25) is 9.59 Å². The molecule has 4 aromatic rings. The van der Waals surface area contributed by atoms with Gasteiger partial charge >= 0.3 is 0 Å². The van der Waals surface area contributed by atoms with E-state index >= 15 is 0 Å². The van der Waals surface area contributed by atoms with E-state index in [-0.39, 0.29) is 24.0 Å². The van der Waals surface area contributed by atoms with Crippen molar-refractivity contribution in [3.63, 3.8) is 0 Å². The Hall–Kier alpha value is -4.10. The molecule has 0 aliphatic rings. The lowest BCUT2D eigenvalue weighted by molar-refractivity contribution is -0.132. The number of aromatic amines is 1. The van der Waals surface area contributed by atoms with Crippen LogP contribution < -0.4 is 16.6 Å². The minimum Gasteiger partial charge on any atom is -0.399 e. The summed E-state index contributed by atoms with van der Waals surface area (Å²) in [5.41, 5.74) is 10.9. The Balaban J connectivity index is 1.73. The van der Waals surface area contributed by atoms with Crippen LogP contribution in [0, 0.1) is 6.92 Å². The number of nitrogens with one attached hydrogen (secondary N) is 2. The SMILES string of the molecule is CCN(Cc1cccc(N)c1)C(=O)C(Nc1ccc2cc[nH]c(=O)c2c1)c1ccc([C@@H](C)CO)c(C)c1. The Morgan fingerprint density at radius 1 is 1.11 bits per heavy atom. The summed E-state index contributed by atoms with van der Waals surface area (Å²) in [7, 11) is 0. The van der Waals surface area contributed by atoms with Crippen LogP contribution in [0.5, 0.6) is 0 Å². The van der Waals surface area contributed by atoms with Gasteiger partial charge < -0.3 is 26.0 Å². The zero-order valence-corrected chi connectivity index (χ0v) is 21.5. The van der Waals surface area contributed by atoms with Crippen molar-refractivity contribution in [1.82, 2.24) is 9.88 Å². The standard InChI is InChI=1S/C30H34N4O3/c1-4-34(17-21-6-5-7-24(31)15-21)30(37)28(23-9-11-26(19(2)14-23)20(3)18-35)33-25-10-8-22-12-13-32-29(36)27(22)16-25/h5-16,20,28,33,35H,4,17-18,31H2,1-3H3,(H,32,36)/t20-,28?/m0/s1. The summed E-state index contributed by atoms with van der Waals surface area (Å²) in [6.45, 7) is 6.91. The molecule has 0 saturated carbocycles. The van der Waals surface area contributed by atoms with Crippen molar-refractivity contribution >= 4 is 28.1 Å². The van der Waals surface area contributed by atoms with Crippen LogP contribution in [0.4, 0.5) is 11.4 Å². The minimum atomic E-state index is -0.682. The van der Waals surface area contributed by atoms with Gasteiger partial charge in [0, 0.05) is 48.6 Å². The molecular formula is C30H34N4O3. The lowest BCUT2D eigenvalue weighted by Gasteiger charge is -2.29. The van der Waals surface area contributed by atoms with Crippen LogP contribution in [0.1, 0.15) is 48.1 Å². The summed E-state index contributed by atoms with van der Waals surface area (Å²) in [4.78, 5) is 30.9. The molecule has 1 heterocycles. The number of nitrogen functional groups attached to an aromatic ring is 1. The monoisotopic (exact) mass is 498 g/mol. The maximum atomic E-state index is 14.0. The predicted octanol–water partition coefficient (Wildman–Crippen LogP) is 4.72. The first-order valence-electron chi connectivity index (χ1n) is 12.5. The Morgan fingerprint density at radius 2 is 1.92 bits per heavy atom. The van der Waals surface area contributed by atoms with Gasteiger partial charge in [0.25, 0.3) is 5.56 Å². The molecule has 192 valence electrons. The highest BCUT2D eigenvalue weighted by molar-refractivity contribution is 5.89. The average molecular weight is 499 g/mol. The number of hydrogen-bond acceptors (Lipinski definition) is 5. The zero-order chi connectivity index (χ0) is 26.5. The number of H-pyrrole nitrogens is 1. The van der Waals surface area contributed by atoms with Crippen LogP contribution in [0.25, 0.3) is 10.8 Å². The summed E-state index contributed by atoms with van der Waals surface area (Å²) < 4.78 is 0. The van der Waals surface area contributed by atoms with E-state index in [1.165, 1.54) is 0 Å². The first-order chi connectivity index (χ1) is 17.8. The van der Waals surface area contributed by atoms with Crippen LogP contribution in [-0.2, 0) is 11.3 Å². The van der Waals surface area contributed by atoms with E-state index in [0.29, 0.717) is 29.9 Å². The quantitative estimate of drug-likeness (QED) is 0.250. The van der Waals surface area contributed by atoms with E-state index < -0.39 is 6.04 Å². The number of nitrogens with two attached hydrogens (primary N) is 1. The van der Waals surface area contributed by atoms with Crippen molar-refractivity contribution < 1.29 is 9.90 Å². The number of amides is 1. The van der Waals surface area contributed by atoms with Gasteiger partial charge in [-0.25, -0.2) is 0 Å². The largest absolute Gasteiger partial charge is 0.399 e. The smallest absolute Gasteiger partial charge is 0.255 e. The summed E-state index contributed by atoms with van der Waals surface area (Å²) >= 11 is 0. The molecule has 1 unspecified atom stereocenters.